The van der Waals surface area contributed by atoms with E-state index in [2.05, 4.69) is 0 Å². The van der Waals surface area contributed by atoms with Gasteiger partial charge in [0.2, 0.25) is 0 Å². The van der Waals surface area contributed by atoms with Gasteiger partial charge in [0.1, 0.15) is 0 Å². The van der Waals surface area contributed by atoms with E-state index in [4.69, 9.17) is 0 Å². The molecule has 0 aliphatic heterocycles. The Morgan fingerprint density at radius 3 is 2.33 bits per heavy atom. The predicted molar refractivity (Wildman–Crippen MR) is 96.4 cm³/mol. The highest BCUT2D eigenvalue weighted by molar-refractivity contribution is 7.93. The molecule has 130 valence electrons. The van der Waals surface area contributed by atoms with Gasteiger partial charge in [-0.25, -0.2) is 8.42 Å². The Hall–Kier alpha value is -2.08. The van der Waals surface area contributed by atoms with Crippen LogP contribution in [0.25, 0.3) is 10.8 Å². The average Bonchev–Trinajstić information content (AvgIpc) is 2.53. The summed E-state index contributed by atoms with van der Waals surface area (Å²) in [6, 6.07) is 10.4. The molecule has 0 saturated heterocycles. The maximum atomic E-state index is 13.0. The zero-order valence-corrected chi connectivity index (χ0v) is 15.0. The number of carbonyl (C=O) groups is 1. The van der Waals surface area contributed by atoms with Gasteiger partial charge in [0.15, 0.2) is 15.1 Å². The molecule has 1 N–H and O–H groups in total. The van der Waals surface area contributed by atoms with Crippen molar-refractivity contribution in [1.82, 2.24) is 0 Å². The van der Waals surface area contributed by atoms with Crippen LogP contribution in [-0.4, -0.2) is 38.8 Å². The number of hydrogen-bond donors (Lipinski definition) is 1. The number of nitrogens with zero attached hydrogens (tertiary/aromatic N) is 1. The van der Waals surface area contributed by atoms with E-state index in [-0.39, 0.29) is 11.3 Å². The summed E-state index contributed by atoms with van der Waals surface area (Å²) in [5.41, 5.74) is 0.894. The number of benzene rings is 2. The van der Waals surface area contributed by atoms with Crippen molar-refractivity contribution >= 4 is 32.3 Å². The van der Waals surface area contributed by atoms with Crippen molar-refractivity contribution in [1.29, 1.82) is 0 Å². The van der Waals surface area contributed by atoms with Gasteiger partial charge in [-0.2, -0.15) is 0 Å². The fraction of sp³-hybridized carbons (Fsp3) is 0.389. The van der Waals surface area contributed by atoms with E-state index < -0.39 is 21.1 Å². The van der Waals surface area contributed by atoms with Crippen LogP contribution in [0, 0.1) is 0 Å². The van der Waals surface area contributed by atoms with E-state index in [1.807, 2.05) is 38.1 Å². The summed E-state index contributed by atoms with van der Waals surface area (Å²) in [7, 11) is -0.187. The first-order chi connectivity index (χ1) is 11.3. The van der Waals surface area contributed by atoms with Gasteiger partial charge in [-0.05, 0) is 18.6 Å². The standard InChI is InChI=1S/C18H23NO4S/c1-4-5-11-17(18(20)21)24(22,23)16-12-7-8-13-14(16)9-6-10-15(13)19(2)3/h6-10,12,17H,4-5,11H2,1-3H3,(H,20,21). The molecule has 0 bridgehead atoms. The molecule has 2 rings (SSSR count). The molecule has 6 heteroatoms. The SMILES string of the molecule is CCCCC(C(=O)O)S(=O)(=O)c1cccc2c(N(C)C)cccc12. The summed E-state index contributed by atoms with van der Waals surface area (Å²) in [5, 5.41) is 9.37. The summed E-state index contributed by atoms with van der Waals surface area (Å²) < 4.78 is 26.0. The maximum absolute atomic E-state index is 13.0. The van der Waals surface area contributed by atoms with Crippen molar-refractivity contribution in [3.63, 3.8) is 0 Å². The van der Waals surface area contributed by atoms with Gasteiger partial charge < -0.3 is 10.0 Å². The second-order valence-electron chi connectivity index (χ2n) is 6.04. The van der Waals surface area contributed by atoms with Crippen LogP contribution in [0.5, 0.6) is 0 Å². The Balaban J connectivity index is 2.66. The minimum absolute atomic E-state index is 0.0900. The number of unbranched alkanes of at least 4 members (excludes halogenated alkanes) is 1. The lowest BCUT2D eigenvalue weighted by atomic mass is 10.1. The van der Waals surface area contributed by atoms with Crippen molar-refractivity contribution in [3.05, 3.63) is 36.4 Å². The third kappa shape index (κ3) is 3.38. The highest BCUT2D eigenvalue weighted by Crippen LogP contribution is 2.32. The molecular formula is C18H23NO4S. The lowest BCUT2D eigenvalue weighted by molar-refractivity contribution is -0.136. The van der Waals surface area contributed by atoms with Crippen LogP contribution < -0.4 is 4.90 Å². The topological polar surface area (TPSA) is 74.7 Å². The number of rotatable bonds is 7. The lowest BCUT2D eigenvalue weighted by Crippen LogP contribution is -2.30. The number of carboxylic acid groups (broad SMARTS) is 1. The van der Waals surface area contributed by atoms with E-state index in [1.165, 1.54) is 6.07 Å². The van der Waals surface area contributed by atoms with E-state index in [0.717, 1.165) is 17.5 Å². The number of fused-ring (bicyclic) bond motifs is 1. The molecule has 0 spiro atoms. The summed E-state index contributed by atoms with van der Waals surface area (Å²) in [6.45, 7) is 1.91. The molecule has 0 amide bonds. The molecule has 2 aromatic rings. The first kappa shape index (κ1) is 18.3. The van der Waals surface area contributed by atoms with Crippen LogP contribution in [-0.2, 0) is 14.6 Å². The summed E-state index contributed by atoms with van der Waals surface area (Å²) in [6.07, 6.45) is 1.43. The number of hydrogen-bond acceptors (Lipinski definition) is 4. The number of anilines is 1. The molecule has 0 radical (unpaired) electrons. The van der Waals surface area contributed by atoms with E-state index in [1.54, 1.807) is 18.2 Å². The third-order valence-electron chi connectivity index (χ3n) is 4.12. The van der Waals surface area contributed by atoms with Crippen LogP contribution >= 0.6 is 0 Å². The Labute approximate surface area is 142 Å². The van der Waals surface area contributed by atoms with Gasteiger partial charge in [0.05, 0.1) is 4.90 Å². The summed E-state index contributed by atoms with van der Waals surface area (Å²) in [4.78, 5) is 13.5. The minimum atomic E-state index is -3.96. The fourth-order valence-electron chi connectivity index (χ4n) is 2.86. The normalized spacial score (nSPS) is 13.0. The van der Waals surface area contributed by atoms with Crippen molar-refractivity contribution in [3.8, 4) is 0 Å². The van der Waals surface area contributed by atoms with E-state index in [0.29, 0.717) is 11.8 Å². The molecular weight excluding hydrogens is 326 g/mol. The van der Waals surface area contributed by atoms with Gasteiger partial charge in [0, 0.05) is 30.6 Å². The van der Waals surface area contributed by atoms with Crippen LogP contribution in [0.2, 0.25) is 0 Å². The molecule has 0 saturated carbocycles. The van der Waals surface area contributed by atoms with Crippen molar-refractivity contribution in [2.45, 2.75) is 36.3 Å². The molecule has 24 heavy (non-hydrogen) atoms. The molecule has 0 aliphatic carbocycles. The number of aliphatic carboxylic acids is 1. The molecule has 2 aromatic carbocycles. The Morgan fingerprint density at radius 1 is 1.12 bits per heavy atom. The Morgan fingerprint density at radius 2 is 1.75 bits per heavy atom. The second-order valence-corrected chi connectivity index (χ2v) is 8.14. The molecule has 1 atom stereocenters. The van der Waals surface area contributed by atoms with Crippen LogP contribution in [0.1, 0.15) is 26.2 Å². The van der Waals surface area contributed by atoms with Crippen molar-refractivity contribution in [2.24, 2.45) is 0 Å². The number of sulfone groups is 1. The van der Waals surface area contributed by atoms with Gasteiger partial charge in [-0.3, -0.25) is 4.79 Å². The predicted octanol–water partition coefficient (Wildman–Crippen LogP) is 3.32. The van der Waals surface area contributed by atoms with Gasteiger partial charge in [-0.1, -0.05) is 44.0 Å². The van der Waals surface area contributed by atoms with Crippen molar-refractivity contribution < 1.29 is 18.3 Å². The van der Waals surface area contributed by atoms with Crippen molar-refractivity contribution in [2.75, 3.05) is 19.0 Å². The van der Waals surface area contributed by atoms with Crippen LogP contribution in [0.4, 0.5) is 5.69 Å². The lowest BCUT2D eigenvalue weighted by Gasteiger charge is -2.18. The van der Waals surface area contributed by atoms with E-state index >= 15 is 0 Å². The second kappa shape index (κ2) is 7.21. The molecule has 0 aromatic heterocycles. The highest BCUT2D eigenvalue weighted by Gasteiger charge is 2.34. The average molecular weight is 349 g/mol. The van der Waals surface area contributed by atoms with Crippen LogP contribution in [0.15, 0.2) is 41.3 Å². The largest absolute Gasteiger partial charge is 0.480 e. The molecule has 5 nitrogen and oxygen atoms in total. The van der Waals surface area contributed by atoms with Gasteiger partial charge >= 0.3 is 5.97 Å². The first-order valence-corrected chi connectivity index (χ1v) is 9.51. The zero-order chi connectivity index (χ0) is 17.9. The first-order valence-electron chi connectivity index (χ1n) is 7.96. The smallest absolute Gasteiger partial charge is 0.322 e. The minimum Gasteiger partial charge on any atom is -0.480 e. The van der Waals surface area contributed by atoms with Gasteiger partial charge in [-0.15, -0.1) is 0 Å². The molecule has 0 aliphatic rings. The zero-order valence-electron chi connectivity index (χ0n) is 14.2. The molecule has 0 heterocycles. The van der Waals surface area contributed by atoms with E-state index in [9.17, 15) is 18.3 Å². The van der Waals surface area contributed by atoms with Crippen LogP contribution in [0.3, 0.4) is 0 Å². The number of carboxylic acids is 1. The maximum Gasteiger partial charge on any atom is 0.322 e. The quantitative estimate of drug-likeness (QED) is 0.830. The summed E-state index contributed by atoms with van der Waals surface area (Å²) >= 11 is 0. The monoisotopic (exact) mass is 349 g/mol. The highest BCUT2D eigenvalue weighted by atomic mass is 32.2. The summed E-state index contributed by atoms with van der Waals surface area (Å²) in [5.74, 6) is -1.29. The molecule has 0 fully saturated rings. The Kier molecular flexibility index (Phi) is 5.49. The molecule has 1 unspecified atom stereocenters. The van der Waals surface area contributed by atoms with Gasteiger partial charge in [0.25, 0.3) is 0 Å². The third-order valence-corrected chi connectivity index (χ3v) is 6.27. The Bertz CT molecular complexity index is 843. The fourth-order valence-corrected chi connectivity index (χ4v) is 4.66.